The van der Waals surface area contributed by atoms with Gasteiger partial charge >= 0.3 is 0 Å². The summed E-state index contributed by atoms with van der Waals surface area (Å²) < 4.78 is 0. The van der Waals surface area contributed by atoms with Gasteiger partial charge < -0.3 is 10.6 Å². The van der Waals surface area contributed by atoms with E-state index in [-0.39, 0.29) is 5.91 Å². The van der Waals surface area contributed by atoms with Crippen LogP contribution in [0.5, 0.6) is 0 Å². The van der Waals surface area contributed by atoms with Crippen molar-refractivity contribution in [2.75, 3.05) is 12.8 Å². The van der Waals surface area contributed by atoms with Gasteiger partial charge in [0.25, 0.3) is 5.91 Å². The van der Waals surface area contributed by atoms with E-state index in [0.717, 1.165) is 18.5 Å². The van der Waals surface area contributed by atoms with E-state index in [0.29, 0.717) is 23.3 Å². The minimum Gasteiger partial charge on any atom is -0.395 e. The predicted molar refractivity (Wildman–Crippen MR) is 71.3 cm³/mol. The molecule has 2 unspecified atom stereocenters. The quantitative estimate of drug-likeness (QED) is 0.842. The molecule has 0 spiro atoms. The molecule has 1 aliphatic rings. The number of anilines is 1. The molecule has 0 aromatic carbocycles. The van der Waals surface area contributed by atoms with Gasteiger partial charge in [-0.3, -0.25) is 9.89 Å². The van der Waals surface area contributed by atoms with E-state index in [1.54, 1.807) is 0 Å². The molecule has 5 nitrogen and oxygen atoms in total. The molecule has 0 bridgehead atoms. The lowest BCUT2D eigenvalue weighted by molar-refractivity contribution is 0.0667. The average molecular weight is 250 g/mol. The zero-order valence-corrected chi connectivity index (χ0v) is 11.4. The van der Waals surface area contributed by atoms with E-state index < -0.39 is 0 Å². The molecule has 1 saturated carbocycles. The summed E-state index contributed by atoms with van der Waals surface area (Å²) in [6.07, 6.45) is 4.61. The highest BCUT2D eigenvalue weighted by atomic mass is 16.2. The lowest BCUT2D eigenvalue weighted by Crippen LogP contribution is -2.40. The number of carbonyl (C=O) groups is 1. The van der Waals surface area contributed by atoms with Gasteiger partial charge in [-0.1, -0.05) is 19.8 Å². The van der Waals surface area contributed by atoms with Gasteiger partial charge in [-0.25, -0.2) is 0 Å². The normalized spacial score (nSPS) is 23.9. The first kappa shape index (κ1) is 12.9. The molecular formula is C13H22N4O. The SMILES string of the molecule is Cc1[nH]nc(C(=O)N(C)C2CCCC(C)C2)c1N. The molecule has 1 fully saturated rings. The number of hydrogen-bond acceptors (Lipinski definition) is 3. The maximum atomic E-state index is 12.3. The third kappa shape index (κ3) is 2.35. The molecule has 1 amide bonds. The van der Waals surface area contributed by atoms with Crippen LogP contribution in [0.1, 0.15) is 48.8 Å². The van der Waals surface area contributed by atoms with Crippen molar-refractivity contribution in [1.29, 1.82) is 0 Å². The van der Waals surface area contributed by atoms with E-state index >= 15 is 0 Å². The van der Waals surface area contributed by atoms with E-state index in [2.05, 4.69) is 17.1 Å². The minimum absolute atomic E-state index is 0.0732. The molecule has 18 heavy (non-hydrogen) atoms. The zero-order chi connectivity index (χ0) is 13.3. The second-order valence-electron chi connectivity index (χ2n) is 5.45. The van der Waals surface area contributed by atoms with Gasteiger partial charge in [-0.05, 0) is 25.7 Å². The lowest BCUT2D eigenvalue weighted by atomic mass is 9.86. The monoisotopic (exact) mass is 250 g/mol. The Labute approximate surface area is 108 Å². The molecular weight excluding hydrogens is 228 g/mol. The van der Waals surface area contributed by atoms with E-state index in [9.17, 15) is 4.79 Å². The second-order valence-corrected chi connectivity index (χ2v) is 5.45. The van der Waals surface area contributed by atoms with Crippen LogP contribution in [-0.4, -0.2) is 34.1 Å². The van der Waals surface area contributed by atoms with E-state index in [1.807, 2.05) is 18.9 Å². The van der Waals surface area contributed by atoms with Gasteiger partial charge in [-0.15, -0.1) is 0 Å². The Morgan fingerprint density at radius 1 is 1.50 bits per heavy atom. The van der Waals surface area contributed by atoms with Crippen LogP contribution in [0.4, 0.5) is 5.69 Å². The molecule has 2 atom stereocenters. The summed E-state index contributed by atoms with van der Waals surface area (Å²) in [6, 6.07) is 0.317. The number of rotatable bonds is 2. The lowest BCUT2D eigenvalue weighted by Gasteiger charge is -2.33. The van der Waals surface area contributed by atoms with E-state index in [4.69, 9.17) is 5.73 Å². The first-order chi connectivity index (χ1) is 8.50. The Hall–Kier alpha value is -1.52. The first-order valence-electron chi connectivity index (χ1n) is 6.58. The number of aromatic amines is 1. The van der Waals surface area contributed by atoms with Crippen LogP contribution >= 0.6 is 0 Å². The third-order valence-electron chi connectivity index (χ3n) is 3.97. The summed E-state index contributed by atoms with van der Waals surface area (Å²) in [5, 5.41) is 6.77. The number of nitrogens with one attached hydrogen (secondary N) is 1. The highest BCUT2D eigenvalue weighted by molar-refractivity contribution is 5.97. The molecule has 3 N–H and O–H groups in total. The summed E-state index contributed by atoms with van der Waals surface area (Å²) in [5.41, 5.74) is 7.43. The number of nitrogen functional groups attached to an aromatic ring is 1. The van der Waals surface area contributed by atoms with Crippen LogP contribution in [0, 0.1) is 12.8 Å². The average Bonchev–Trinajstić information content (AvgIpc) is 2.68. The molecule has 1 aromatic rings. The summed E-state index contributed by atoms with van der Waals surface area (Å²) >= 11 is 0. The number of H-pyrrole nitrogens is 1. The van der Waals surface area contributed by atoms with Crippen LogP contribution in [0.15, 0.2) is 0 Å². The third-order valence-corrected chi connectivity index (χ3v) is 3.97. The van der Waals surface area contributed by atoms with Crippen molar-refractivity contribution in [3.63, 3.8) is 0 Å². The highest BCUT2D eigenvalue weighted by Gasteiger charge is 2.28. The number of nitrogens with zero attached hydrogens (tertiary/aromatic N) is 2. The van der Waals surface area contributed by atoms with Gasteiger partial charge in [0.05, 0.1) is 11.4 Å². The largest absolute Gasteiger partial charge is 0.395 e. The molecule has 5 heteroatoms. The highest BCUT2D eigenvalue weighted by Crippen LogP contribution is 2.28. The van der Waals surface area contributed by atoms with Gasteiger partial charge in [0, 0.05) is 13.1 Å². The molecule has 100 valence electrons. The minimum atomic E-state index is -0.0732. The Morgan fingerprint density at radius 2 is 2.22 bits per heavy atom. The molecule has 0 aliphatic heterocycles. The number of amides is 1. The van der Waals surface area contributed by atoms with Crippen molar-refractivity contribution in [3.05, 3.63) is 11.4 Å². The molecule has 1 aliphatic carbocycles. The van der Waals surface area contributed by atoms with Crippen LogP contribution < -0.4 is 5.73 Å². The number of carbonyl (C=O) groups excluding carboxylic acids is 1. The summed E-state index contributed by atoms with van der Waals surface area (Å²) in [7, 11) is 1.86. The van der Waals surface area contributed by atoms with Crippen molar-refractivity contribution < 1.29 is 4.79 Å². The molecule has 0 radical (unpaired) electrons. The number of aromatic nitrogens is 2. The number of nitrogens with two attached hydrogens (primary N) is 1. The van der Waals surface area contributed by atoms with Gasteiger partial charge in [0.15, 0.2) is 5.69 Å². The van der Waals surface area contributed by atoms with E-state index in [1.165, 1.54) is 12.8 Å². The van der Waals surface area contributed by atoms with Crippen molar-refractivity contribution >= 4 is 11.6 Å². The molecule has 1 aromatic heterocycles. The number of aryl methyl sites for hydroxylation is 1. The summed E-state index contributed by atoms with van der Waals surface area (Å²) in [5.74, 6) is 0.619. The Bertz CT molecular complexity index is 440. The van der Waals surface area contributed by atoms with Crippen LogP contribution in [0.25, 0.3) is 0 Å². The fourth-order valence-corrected chi connectivity index (χ4v) is 2.69. The fraction of sp³-hybridized carbons (Fsp3) is 0.692. The van der Waals surface area contributed by atoms with Crippen LogP contribution in [0.3, 0.4) is 0 Å². The Balaban J connectivity index is 2.11. The molecule has 1 heterocycles. The fourth-order valence-electron chi connectivity index (χ4n) is 2.69. The van der Waals surface area contributed by atoms with Gasteiger partial charge in [0.2, 0.25) is 0 Å². The second kappa shape index (κ2) is 5.00. The van der Waals surface area contributed by atoms with Gasteiger partial charge in [-0.2, -0.15) is 5.10 Å². The number of hydrogen-bond donors (Lipinski definition) is 2. The van der Waals surface area contributed by atoms with Crippen LogP contribution in [-0.2, 0) is 0 Å². The Morgan fingerprint density at radius 3 is 2.78 bits per heavy atom. The van der Waals surface area contributed by atoms with Crippen molar-refractivity contribution in [1.82, 2.24) is 15.1 Å². The maximum absolute atomic E-state index is 12.3. The topological polar surface area (TPSA) is 75.0 Å². The molecule has 0 saturated heterocycles. The predicted octanol–water partition coefficient (Wildman–Crippen LogP) is 1.95. The first-order valence-corrected chi connectivity index (χ1v) is 6.58. The standard InChI is InChI=1S/C13H22N4O/c1-8-5-4-6-10(7-8)17(3)13(18)12-11(14)9(2)15-16-12/h8,10H,4-7,14H2,1-3H3,(H,15,16). The van der Waals surface area contributed by atoms with Crippen molar-refractivity contribution in [2.24, 2.45) is 5.92 Å². The van der Waals surface area contributed by atoms with Crippen molar-refractivity contribution in [2.45, 2.75) is 45.6 Å². The van der Waals surface area contributed by atoms with Gasteiger partial charge in [0.1, 0.15) is 0 Å². The maximum Gasteiger partial charge on any atom is 0.276 e. The zero-order valence-electron chi connectivity index (χ0n) is 11.4. The van der Waals surface area contributed by atoms with Crippen molar-refractivity contribution in [3.8, 4) is 0 Å². The summed E-state index contributed by atoms with van der Waals surface area (Å²) in [4.78, 5) is 14.2. The smallest absolute Gasteiger partial charge is 0.276 e. The molecule has 2 rings (SSSR count). The Kier molecular flexibility index (Phi) is 3.59. The summed E-state index contributed by atoms with van der Waals surface area (Å²) in [6.45, 7) is 4.07. The van der Waals surface area contributed by atoms with Crippen LogP contribution in [0.2, 0.25) is 0 Å².